The van der Waals surface area contributed by atoms with Crippen molar-refractivity contribution >= 4 is 54.3 Å². The van der Waals surface area contributed by atoms with Crippen molar-refractivity contribution in [3.63, 3.8) is 0 Å². The molecule has 0 saturated heterocycles. The molecule has 0 aliphatic carbocycles. The van der Waals surface area contributed by atoms with Crippen LogP contribution in [0.25, 0.3) is 123 Å². The summed E-state index contributed by atoms with van der Waals surface area (Å²) in [4.78, 5) is 31.2. The van der Waals surface area contributed by atoms with E-state index in [1.165, 1.54) is 38.9 Å². The molecule has 0 bridgehead atoms. The Labute approximate surface area is 724 Å². The summed E-state index contributed by atoms with van der Waals surface area (Å²) in [7, 11) is -3.84. The van der Waals surface area contributed by atoms with Crippen molar-refractivity contribution in [1.82, 2.24) is 34.9 Å². The average molecular weight is 1970 g/mol. The molecule has 9 aromatic heterocycles. The van der Waals surface area contributed by atoms with Gasteiger partial charge in [0.25, 0.3) is 0 Å². The van der Waals surface area contributed by atoms with Gasteiger partial charge in [0, 0.05) is 119 Å². The summed E-state index contributed by atoms with van der Waals surface area (Å²) in [5.41, 5.74) is 20.3. The largest absolute Gasteiger partial charge is 0.522 e. The number of pyridine rings is 7. The Morgan fingerprint density at radius 2 is 0.756 bits per heavy atom. The molecule has 0 atom stereocenters. The van der Waals surface area contributed by atoms with Gasteiger partial charge in [-0.05, 0) is 161 Å². The summed E-state index contributed by atoms with van der Waals surface area (Å²) in [5.74, 6) is 2.98. The van der Waals surface area contributed by atoms with Crippen LogP contribution in [0.4, 0.5) is 13.2 Å². The van der Waals surface area contributed by atoms with E-state index in [0.29, 0.717) is 41.0 Å². The molecule has 0 saturated carbocycles. The van der Waals surface area contributed by atoms with Gasteiger partial charge in [-0.25, -0.2) is 9.97 Å². The van der Waals surface area contributed by atoms with Gasteiger partial charge >= 0.3 is 15.6 Å². The zero-order chi connectivity index (χ0) is 84.3. The third kappa shape index (κ3) is 26.8. The molecule has 9 heterocycles. The number of halogens is 3. The summed E-state index contributed by atoms with van der Waals surface area (Å²) < 4.78 is 69.8. The second kappa shape index (κ2) is 45.9. The Balaban J connectivity index is 0.000000204. The van der Waals surface area contributed by atoms with Crippen LogP contribution in [0.3, 0.4) is 0 Å². The summed E-state index contributed by atoms with van der Waals surface area (Å²) >= 11 is 0. The monoisotopic (exact) mass is 1970 g/mol. The number of fused-ring (bicyclic) bond motifs is 6. The minimum absolute atomic E-state index is 0. The van der Waals surface area contributed by atoms with E-state index in [0.717, 1.165) is 139 Å². The second-order valence-corrected chi connectivity index (χ2v) is 30.6. The predicted octanol–water partition coefficient (Wildman–Crippen LogP) is 24.9. The number of aliphatic hydroxyl groups is 2. The van der Waals surface area contributed by atoms with E-state index in [2.05, 4.69) is 280 Å². The molecule has 16 rings (SSSR count). The van der Waals surface area contributed by atoms with E-state index in [-0.39, 0.29) is 40.2 Å². The zero-order valence-electron chi connectivity index (χ0n) is 69.0. The second-order valence-electron chi connectivity index (χ2n) is 29.2. The van der Waals surface area contributed by atoms with E-state index in [4.69, 9.17) is 32.0 Å². The minimum atomic E-state index is -5.84. The fraction of sp³-hybridized carbons (Fsp3) is 0.222. The van der Waals surface area contributed by atoms with Gasteiger partial charge in [0.2, 0.25) is 11.4 Å². The van der Waals surface area contributed by atoms with Crippen LogP contribution in [0.2, 0.25) is 0 Å². The SMILES string of the molecule is CC(C)c1c[c-]c(-c2ccccn2)cc1.CC(C)c1c[c-]c(-c2ccccn2)cc1.CC(C)c1c[c-]c(-c2ccccn2)cc1.CO.CO.Cc1ccc2c(n1)oc1c(-c3cc(-c4ccc(CC(C)C)cc4)ccn3)[c-]ccc12.Cc1ccc2c(n1)oc1c(-c3cc(-c4ccc(CC(C)C)cc4)ccn3)cccc12.O=S(=O)(O)C(F)(F)F.[Ir].[Ir]. The number of alkyl halides is 3. The standard InChI is InChI=1S/C27H24N2O.C27H23N2O.3C14H14N.CHF3O3S.2CH4O.2Ir/c2*1-17(2)15-19-8-10-20(11-9-19)21-13-14-28-25(16-21)24-6-4-5-22-23-12-7-18(3)29-27(23)30-26(22)24;3*1-11(2)12-6-8-13(9-7-12)14-5-3-4-10-15-14;2-1(3,4)8(5,6)7;2*1-2;;/h4-14,16-17H,15H2,1-3H3;4-5,7-14,16-17H,15H2,1-3H3;3*3-8,10-11H,1-2H3;(H,5,6,7);2*2H,1H3;;/q;4*-1;;;;;. The average Bonchev–Trinajstić information content (AvgIpc) is 1.63. The Morgan fingerprint density at radius 1 is 0.387 bits per heavy atom. The summed E-state index contributed by atoms with van der Waals surface area (Å²) in [6.45, 7) is 26.0. The van der Waals surface area contributed by atoms with Crippen molar-refractivity contribution in [3.05, 3.63) is 331 Å². The number of hydrogen-bond acceptors (Lipinski definition) is 13. The third-order valence-corrected chi connectivity index (χ3v) is 19.1. The van der Waals surface area contributed by atoms with E-state index in [1.54, 1.807) is 18.6 Å². The number of nitrogens with zero attached hydrogens (tertiary/aromatic N) is 7. The van der Waals surface area contributed by atoms with Gasteiger partial charge in [-0.2, -0.15) is 21.6 Å². The maximum atomic E-state index is 10.7. The van der Waals surface area contributed by atoms with Gasteiger partial charge in [0.15, 0.2) is 0 Å². The van der Waals surface area contributed by atoms with Crippen LogP contribution in [0, 0.1) is 49.9 Å². The molecule has 7 aromatic carbocycles. The molecule has 0 spiro atoms. The number of aryl methyl sites for hydroxylation is 2. The molecule has 0 amide bonds. The first-order valence-electron chi connectivity index (χ1n) is 38.6. The maximum absolute atomic E-state index is 10.7. The number of para-hydroxylation sites is 1. The molecule has 119 heavy (non-hydrogen) atoms. The van der Waals surface area contributed by atoms with Crippen LogP contribution >= 0.6 is 0 Å². The van der Waals surface area contributed by atoms with Crippen LogP contribution in [0.1, 0.15) is 126 Å². The van der Waals surface area contributed by atoms with Crippen molar-refractivity contribution < 1.29 is 85.4 Å². The van der Waals surface area contributed by atoms with Crippen LogP contribution in [-0.2, 0) is 63.2 Å². The number of furan rings is 2. The first-order valence-corrected chi connectivity index (χ1v) is 40.0. The summed E-state index contributed by atoms with van der Waals surface area (Å²) in [5, 5.41) is 18.2. The summed E-state index contributed by atoms with van der Waals surface area (Å²) in [6, 6.07) is 94.1. The molecule has 0 unspecified atom stereocenters. The van der Waals surface area contributed by atoms with Gasteiger partial charge < -0.3 is 39.0 Å². The van der Waals surface area contributed by atoms with Gasteiger partial charge in [0.05, 0.1) is 11.3 Å². The molecule has 0 fully saturated rings. The Kier molecular flexibility index (Phi) is 36.7. The Hall–Kier alpha value is -10.9. The molecule has 0 aliphatic rings. The van der Waals surface area contributed by atoms with Crippen molar-refractivity contribution in [2.45, 2.75) is 119 Å². The topological polar surface area (TPSA) is 211 Å². The molecule has 0 aliphatic heterocycles. The fourth-order valence-electron chi connectivity index (χ4n) is 12.4. The molecule has 3 N–H and O–H groups in total. The van der Waals surface area contributed by atoms with E-state index < -0.39 is 15.6 Å². The first kappa shape index (κ1) is 95.3. The van der Waals surface area contributed by atoms with E-state index in [1.807, 2.05) is 111 Å². The smallest absolute Gasteiger partial charge is 0.486 e. The number of rotatable bonds is 14. The molecule has 14 nitrogen and oxygen atoms in total. The van der Waals surface area contributed by atoms with Crippen LogP contribution in [0.15, 0.2) is 276 Å². The van der Waals surface area contributed by atoms with E-state index in [9.17, 15) is 13.2 Å². The third-order valence-electron chi connectivity index (χ3n) is 18.5. The molecular weight excluding hydrogens is 1870 g/mol. The maximum Gasteiger partial charge on any atom is 0.522 e. The van der Waals surface area contributed by atoms with Crippen LogP contribution < -0.4 is 0 Å². The number of benzene rings is 7. The molecule has 20 heteroatoms. The van der Waals surface area contributed by atoms with Gasteiger partial charge in [0.1, 0.15) is 5.58 Å². The van der Waals surface area contributed by atoms with Gasteiger partial charge in [-0.1, -0.05) is 201 Å². The van der Waals surface area contributed by atoms with Crippen LogP contribution in [0.5, 0.6) is 0 Å². The van der Waals surface area contributed by atoms with Crippen molar-refractivity contribution in [2.75, 3.05) is 14.2 Å². The summed E-state index contributed by atoms with van der Waals surface area (Å²) in [6.07, 6.45) is 11.3. The minimum Gasteiger partial charge on any atom is -0.486 e. The first-order chi connectivity index (χ1) is 56.2. The molecule has 2 radical (unpaired) electrons. The quantitative estimate of drug-likeness (QED) is 0.0525. The normalized spacial score (nSPS) is 10.9. The Morgan fingerprint density at radius 3 is 1.11 bits per heavy atom. The van der Waals surface area contributed by atoms with Crippen molar-refractivity contribution in [3.8, 4) is 78.5 Å². The number of hydrogen-bond donors (Lipinski definition) is 3. The van der Waals surface area contributed by atoms with Crippen molar-refractivity contribution in [2.24, 2.45) is 11.8 Å². The predicted molar refractivity (Wildman–Crippen MR) is 467 cm³/mol. The Bertz CT molecular complexity index is 5470. The molecule has 620 valence electrons. The van der Waals surface area contributed by atoms with Gasteiger partial charge in [-0.3, -0.25) is 9.54 Å². The van der Waals surface area contributed by atoms with Gasteiger partial charge in [-0.15, -0.1) is 124 Å². The number of aliphatic hydroxyl groups excluding tert-OH is 2. The van der Waals surface area contributed by atoms with Crippen LogP contribution in [-0.4, -0.2) is 77.8 Å². The van der Waals surface area contributed by atoms with E-state index >= 15 is 0 Å². The van der Waals surface area contributed by atoms with Crippen molar-refractivity contribution in [1.29, 1.82) is 0 Å². The fourth-order valence-corrected chi connectivity index (χ4v) is 12.4. The molecular formula is C99H98F3Ir2N7O7S-4. The number of aromatic nitrogens is 7. The zero-order valence-corrected chi connectivity index (χ0v) is 74.6. The molecule has 16 aromatic rings.